The Morgan fingerprint density at radius 3 is 2.42 bits per heavy atom. The quantitative estimate of drug-likeness (QED) is 0.485. The number of hydrogen-bond donors (Lipinski definition) is 2. The summed E-state index contributed by atoms with van der Waals surface area (Å²) in [5.41, 5.74) is 1.69. The molecule has 164 valence electrons. The van der Waals surface area contributed by atoms with Gasteiger partial charge in [0.1, 0.15) is 30.8 Å². The Balaban J connectivity index is 1.52. The molecule has 1 aliphatic heterocycles. The number of carbonyl (C=O) groups is 2. The van der Waals surface area contributed by atoms with Crippen molar-refractivity contribution >= 4 is 52.2 Å². The topological polar surface area (TPSA) is 84.9 Å². The molecule has 1 fully saturated rings. The Morgan fingerprint density at radius 2 is 1.77 bits per heavy atom. The molecule has 2 aromatic carbocycles. The van der Waals surface area contributed by atoms with Crippen molar-refractivity contribution in [2.45, 2.75) is 25.9 Å². The van der Waals surface area contributed by atoms with Gasteiger partial charge in [0.2, 0.25) is 0 Å². The fourth-order valence-corrected chi connectivity index (χ4v) is 3.85. The number of nitrogens with one attached hydrogen (secondary N) is 1. The first-order chi connectivity index (χ1) is 14.9. The molecular formula is C22H21Cl2NO5S. The van der Waals surface area contributed by atoms with Crippen LogP contribution in [0.15, 0.2) is 41.3 Å². The summed E-state index contributed by atoms with van der Waals surface area (Å²) in [6.45, 7) is 2.13. The molecule has 0 aliphatic carbocycles. The van der Waals surface area contributed by atoms with Crippen molar-refractivity contribution < 1.29 is 24.2 Å². The van der Waals surface area contributed by atoms with Gasteiger partial charge in [-0.15, -0.1) is 0 Å². The van der Waals surface area contributed by atoms with E-state index in [0.29, 0.717) is 26.4 Å². The maximum atomic E-state index is 11.6. The van der Waals surface area contributed by atoms with Gasteiger partial charge in [0.05, 0.1) is 15.0 Å². The lowest BCUT2D eigenvalue weighted by Gasteiger charge is -2.16. The van der Waals surface area contributed by atoms with E-state index in [1.54, 1.807) is 42.5 Å². The number of ether oxygens (including phenoxy) is 2. The van der Waals surface area contributed by atoms with Gasteiger partial charge < -0.3 is 14.6 Å². The highest BCUT2D eigenvalue weighted by Gasteiger charge is 2.24. The summed E-state index contributed by atoms with van der Waals surface area (Å²) in [5, 5.41) is 12.9. The van der Waals surface area contributed by atoms with Gasteiger partial charge in [-0.25, -0.2) is 0 Å². The Hall–Kier alpha value is -2.19. The van der Waals surface area contributed by atoms with Crippen LogP contribution < -0.4 is 14.8 Å². The molecule has 2 N–H and O–H groups in total. The first kappa shape index (κ1) is 23.5. The molecule has 1 aliphatic rings. The molecule has 6 nitrogen and oxygen atoms in total. The molecule has 2 amide bonds. The average Bonchev–Trinajstić information content (AvgIpc) is 3.05. The molecule has 0 saturated carbocycles. The van der Waals surface area contributed by atoms with E-state index in [4.69, 9.17) is 32.7 Å². The summed E-state index contributed by atoms with van der Waals surface area (Å²) in [6, 6.07) is 10.4. The average molecular weight is 482 g/mol. The largest absolute Gasteiger partial charge is 0.491 e. The third kappa shape index (κ3) is 6.64. The highest BCUT2D eigenvalue weighted by Crippen LogP contribution is 2.31. The first-order valence-corrected chi connectivity index (χ1v) is 11.2. The zero-order valence-corrected chi connectivity index (χ0v) is 19.0. The molecule has 1 heterocycles. The second kappa shape index (κ2) is 10.9. The number of aliphatic hydroxyl groups excluding tert-OH is 1. The molecule has 0 spiro atoms. The highest BCUT2D eigenvalue weighted by molar-refractivity contribution is 8.18. The Bertz CT molecular complexity index is 994. The van der Waals surface area contributed by atoms with Crippen molar-refractivity contribution in [2.24, 2.45) is 0 Å². The summed E-state index contributed by atoms with van der Waals surface area (Å²) in [7, 11) is 0. The number of hydrogen-bond acceptors (Lipinski definition) is 6. The van der Waals surface area contributed by atoms with Gasteiger partial charge >= 0.3 is 0 Å². The lowest BCUT2D eigenvalue weighted by Crippen LogP contribution is -2.25. The van der Waals surface area contributed by atoms with Gasteiger partial charge in [-0.05, 0) is 53.6 Å². The van der Waals surface area contributed by atoms with Crippen LogP contribution in [-0.2, 0) is 11.2 Å². The number of benzene rings is 2. The molecule has 3 rings (SSSR count). The van der Waals surface area contributed by atoms with E-state index in [9.17, 15) is 14.7 Å². The SMILES string of the molecule is CCCc1cc(Cl)c(Cl)cc1OC[C@@H](O)COc1ccc(/C=C2\SC(=O)NC2=O)cc1. The molecule has 0 radical (unpaired) electrons. The van der Waals surface area contributed by atoms with Gasteiger partial charge in [-0.1, -0.05) is 48.7 Å². The second-order valence-corrected chi connectivity index (χ2v) is 8.65. The normalized spacial score (nSPS) is 15.8. The van der Waals surface area contributed by atoms with E-state index in [1.807, 2.05) is 0 Å². The molecule has 31 heavy (non-hydrogen) atoms. The standard InChI is InChI=1S/C22H21Cl2NO5S/c1-2-3-14-9-17(23)18(24)10-19(14)30-12-15(26)11-29-16-6-4-13(5-7-16)8-20-21(27)25-22(28)31-20/h4-10,15,26H,2-3,11-12H2,1H3,(H,25,27,28)/b20-8-/t15-/m0/s1. The molecule has 0 bridgehead atoms. The number of rotatable bonds is 9. The van der Waals surface area contributed by atoms with E-state index in [-0.39, 0.29) is 18.5 Å². The van der Waals surface area contributed by atoms with Crippen LogP contribution in [0.2, 0.25) is 10.0 Å². The minimum Gasteiger partial charge on any atom is -0.491 e. The summed E-state index contributed by atoms with van der Waals surface area (Å²) in [6.07, 6.45) is 2.49. The first-order valence-electron chi connectivity index (χ1n) is 9.62. The second-order valence-electron chi connectivity index (χ2n) is 6.82. The number of aryl methyl sites for hydroxylation is 1. The summed E-state index contributed by atoms with van der Waals surface area (Å²) >= 11 is 13.0. The van der Waals surface area contributed by atoms with Crippen molar-refractivity contribution in [1.82, 2.24) is 5.32 Å². The molecule has 1 saturated heterocycles. The fourth-order valence-electron chi connectivity index (χ4n) is 2.83. The summed E-state index contributed by atoms with van der Waals surface area (Å²) < 4.78 is 11.3. The van der Waals surface area contributed by atoms with E-state index in [2.05, 4.69) is 12.2 Å². The van der Waals surface area contributed by atoms with Gasteiger partial charge in [0.15, 0.2) is 0 Å². The Kier molecular flexibility index (Phi) is 8.26. The third-order valence-electron chi connectivity index (χ3n) is 4.32. The Labute approximate surface area is 194 Å². The minimum atomic E-state index is -0.852. The van der Waals surface area contributed by atoms with Gasteiger partial charge in [0, 0.05) is 6.07 Å². The number of aliphatic hydroxyl groups is 1. The van der Waals surface area contributed by atoms with Crippen molar-refractivity contribution in [3.63, 3.8) is 0 Å². The summed E-state index contributed by atoms with van der Waals surface area (Å²) in [5.74, 6) is 0.754. The maximum Gasteiger partial charge on any atom is 0.290 e. The van der Waals surface area contributed by atoms with Crippen LogP contribution in [-0.4, -0.2) is 35.6 Å². The number of halogens is 2. The van der Waals surface area contributed by atoms with E-state index in [1.165, 1.54) is 0 Å². The Morgan fingerprint density at radius 1 is 1.10 bits per heavy atom. The van der Waals surface area contributed by atoms with Gasteiger partial charge in [-0.2, -0.15) is 0 Å². The van der Waals surface area contributed by atoms with Gasteiger partial charge in [0.25, 0.3) is 11.1 Å². The van der Waals surface area contributed by atoms with Crippen LogP contribution in [0.3, 0.4) is 0 Å². The number of carbonyl (C=O) groups excluding carboxylic acids is 2. The molecule has 2 aromatic rings. The minimum absolute atomic E-state index is 0.0393. The van der Waals surface area contributed by atoms with Crippen molar-refractivity contribution in [2.75, 3.05) is 13.2 Å². The van der Waals surface area contributed by atoms with E-state index < -0.39 is 12.0 Å². The maximum absolute atomic E-state index is 11.6. The van der Waals surface area contributed by atoms with Crippen LogP contribution in [0.5, 0.6) is 11.5 Å². The lowest BCUT2D eigenvalue weighted by molar-refractivity contribution is -0.115. The van der Waals surface area contributed by atoms with Crippen LogP contribution in [0.25, 0.3) is 6.08 Å². The number of imide groups is 1. The fraction of sp³-hybridized carbons (Fsp3) is 0.273. The van der Waals surface area contributed by atoms with Crippen molar-refractivity contribution in [3.05, 3.63) is 62.5 Å². The predicted octanol–water partition coefficient (Wildman–Crippen LogP) is 5.09. The highest BCUT2D eigenvalue weighted by atomic mass is 35.5. The van der Waals surface area contributed by atoms with Crippen LogP contribution in [0, 0.1) is 0 Å². The van der Waals surface area contributed by atoms with Crippen LogP contribution in [0.4, 0.5) is 4.79 Å². The summed E-state index contributed by atoms with van der Waals surface area (Å²) in [4.78, 5) is 23.1. The molecule has 1 atom stereocenters. The van der Waals surface area contributed by atoms with Crippen LogP contribution >= 0.6 is 35.0 Å². The third-order valence-corrected chi connectivity index (χ3v) is 5.85. The van der Waals surface area contributed by atoms with Crippen molar-refractivity contribution in [3.8, 4) is 11.5 Å². The zero-order chi connectivity index (χ0) is 22.4. The lowest BCUT2D eigenvalue weighted by atomic mass is 10.1. The molecule has 0 aromatic heterocycles. The van der Waals surface area contributed by atoms with Crippen molar-refractivity contribution in [1.29, 1.82) is 0 Å². The zero-order valence-electron chi connectivity index (χ0n) is 16.7. The molecular weight excluding hydrogens is 461 g/mol. The monoisotopic (exact) mass is 481 g/mol. The number of amides is 2. The smallest absolute Gasteiger partial charge is 0.290 e. The van der Waals surface area contributed by atoms with Gasteiger partial charge in [-0.3, -0.25) is 14.9 Å². The van der Waals surface area contributed by atoms with E-state index >= 15 is 0 Å². The molecule has 0 unspecified atom stereocenters. The number of thioether (sulfide) groups is 1. The van der Waals surface area contributed by atoms with Crippen LogP contribution in [0.1, 0.15) is 24.5 Å². The molecule has 9 heteroatoms. The predicted molar refractivity (Wildman–Crippen MR) is 123 cm³/mol. The van der Waals surface area contributed by atoms with E-state index in [0.717, 1.165) is 35.7 Å².